The van der Waals surface area contributed by atoms with Gasteiger partial charge in [0.1, 0.15) is 0 Å². The van der Waals surface area contributed by atoms with Crippen LogP contribution in [-0.2, 0) is 0 Å². The number of thiazole rings is 1. The van der Waals surface area contributed by atoms with Gasteiger partial charge in [-0.15, -0.1) is 16.4 Å². The summed E-state index contributed by atoms with van der Waals surface area (Å²) < 4.78 is 1.79. The van der Waals surface area contributed by atoms with Crippen LogP contribution < -0.4 is 10.1 Å². The molecule has 4 rings (SSSR count). The number of rotatable bonds is 3. The van der Waals surface area contributed by atoms with E-state index in [2.05, 4.69) is 10.1 Å². The van der Waals surface area contributed by atoms with Crippen LogP contribution in [0.25, 0.3) is 23.2 Å². The van der Waals surface area contributed by atoms with Gasteiger partial charge in [0.25, 0.3) is 5.56 Å². The summed E-state index contributed by atoms with van der Waals surface area (Å²) in [4.78, 5) is 18.5. The first-order chi connectivity index (χ1) is 12.1. The Bertz CT molecular complexity index is 1170. The molecular weight excluding hydrogens is 397 g/mol. The molecule has 0 aliphatic carbocycles. The molecule has 0 saturated heterocycles. The molecule has 4 nitrogen and oxygen atoms in total. The van der Waals surface area contributed by atoms with E-state index in [4.69, 9.17) is 23.2 Å². The number of thiophene rings is 1. The van der Waals surface area contributed by atoms with E-state index in [1.165, 1.54) is 15.9 Å². The van der Waals surface area contributed by atoms with Gasteiger partial charge in [-0.1, -0.05) is 46.7 Å². The molecule has 124 valence electrons. The van der Waals surface area contributed by atoms with Gasteiger partial charge >= 0.3 is 0 Å². The van der Waals surface area contributed by atoms with Crippen LogP contribution in [-0.4, -0.2) is 14.6 Å². The second kappa shape index (κ2) is 6.72. The molecule has 3 aromatic heterocycles. The Kier molecular flexibility index (Phi) is 4.43. The Morgan fingerprint density at radius 1 is 1.08 bits per heavy atom. The number of halogens is 2. The summed E-state index contributed by atoms with van der Waals surface area (Å²) >= 11 is 15.2. The quantitative estimate of drug-likeness (QED) is 0.512. The van der Waals surface area contributed by atoms with Gasteiger partial charge in [-0.25, -0.2) is 0 Å². The number of hydrogen-bond donors (Lipinski definition) is 0. The maximum absolute atomic E-state index is 12.5. The first kappa shape index (κ1) is 16.5. The summed E-state index contributed by atoms with van der Waals surface area (Å²) in [5, 5.41) is 7.23. The summed E-state index contributed by atoms with van der Waals surface area (Å²) in [7, 11) is 0. The van der Waals surface area contributed by atoms with E-state index in [0.717, 1.165) is 4.88 Å². The Labute approximate surface area is 160 Å². The van der Waals surface area contributed by atoms with Gasteiger partial charge in [-0.2, -0.15) is 9.50 Å². The van der Waals surface area contributed by atoms with Crippen LogP contribution in [0, 0.1) is 0 Å². The molecule has 0 spiro atoms. The van der Waals surface area contributed by atoms with Crippen LogP contribution in [0.4, 0.5) is 0 Å². The molecule has 0 unspecified atom stereocenters. The largest absolute Gasteiger partial charge is 0.291 e. The molecule has 25 heavy (non-hydrogen) atoms. The molecule has 0 bridgehead atoms. The molecular formula is C17H9Cl2N3OS2. The monoisotopic (exact) mass is 405 g/mol. The average Bonchev–Trinajstić information content (AvgIpc) is 3.28. The predicted molar refractivity (Wildman–Crippen MR) is 106 cm³/mol. The predicted octanol–water partition coefficient (Wildman–Crippen LogP) is 4.24. The van der Waals surface area contributed by atoms with Gasteiger partial charge in [0.2, 0.25) is 4.96 Å². The summed E-state index contributed by atoms with van der Waals surface area (Å²) in [5.41, 5.74) is 0.379. The zero-order valence-corrected chi connectivity index (χ0v) is 15.7. The summed E-state index contributed by atoms with van der Waals surface area (Å²) in [6.07, 6.45) is 5.39. The van der Waals surface area contributed by atoms with Crippen molar-refractivity contribution < 1.29 is 0 Å². The number of benzene rings is 1. The third kappa shape index (κ3) is 3.26. The van der Waals surface area contributed by atoms with Crippen molar-refractivity contribution in [2.24, 2.45) is 0 Å². The normalized spacial score (nSPS) is 12.6. The molecule has 0 amide bonds. The summed E-state index contributed by atoms with van der Waals surface area (Å²) in [6.45, 7) is 0. The highest BCUT2D eigenvalue weighted by molar-refractivity contribution is 7.15. The summed E-state index contributed by atoms with van der Waals surface area (Å²) in [5.74, 6) is 0.499. The van der Waals surface area contributed by atoms with E-state index in [0.29, 0.717) is 30.9 Å². The first-order valence-electron chi connectivity index (χ1n) is 7.19. The van der Waals surface area contributed by atoms with Crippen LogP contribution in [0.3, 0.4) is 0 Å². The third-order valence-electron chi connectivity index (χ3n) is 3.41. The van der Waals surface area contributed by atoms with E-state index in [1.807, 2.05) is 23.6 Å². The highest BCUT2D eigenvalue weighted by Gasteiger charge is 2.10. The van der Waals surface area contributed by atoms with Crippen LogP contribution >= 0.6 is 45.9 Å². The van der Waals surface area contributed by atoms with Crippen molar-refractivity contribution in [3.8, 4) is 0 Å². The smallest absolute Gasteiger partial charge is 0.266 e. The molecule has 0 radical (unpaired) electrons. The molecule has 4 aromatic rings. The van der Waals surface area contributed by atoms with Gasteiger partial charge in [0.05, 0.1) is 4.53 Å². The minimum Gasteiger partial charge on any atom is -0.266 e. The molecule has 3 heterocycles. The lowest BCUT2D eigenvalue weighted by atomic mass is 10.2. The van der Waals surface area contributed by atoms with Crippen LogP contribution in [0.2, 0.25) is 10.0 Å². The summed E-state index contributed by atoms with van der Waals surface area (Å²) in [6, 6.07) is 9.19. The second-order valence-corrected chi connectivity index (χ2v) is 7.87. The standard InChI is InChI=1S/C17H9Cl2N3OS2/c18-12-4-1-5-13(19)11(12)9-14-16(23)22-17(25-14)20-15(21-22)7-6-10-3-2-8-24-10/h1-9H. The van der Waals surface area contributed by atoms with E-state index < -0.39 is 0 Å². The number of aromatic nitrogens is 3. The molecule has 0 aliphatic heterocycles. The van der Waals surface area contributed by atoms with Crippen LogP contribution in [0.1, 0.15) is 16.3 Å². The number of nitrogens with zero attached hydrogens (tertiary/aromatic N) is 3. The first-order valence-corrected chi connectivity index (χ1v) is 9.64. The maximum atomic E-state index is 12.5. The molecule has 8 heteroatoms. The lowest BCUT2D eigenvalue weighted by molar-refractivity contribution is 0.925. The van der Waals surface area contributed by atoms with Crippen LogP contribution in [0.15, 0.2) is 40.5 Å². The van der Waals surface area contributed by atoms with E-state index in [1.54, 1.807) is 41.7 Å². The highest BCUT2D eigenvalue weighted by atomic mass is 35.5. The Balaban J connectivity index is 1.76. The van der Waals surface area contributed by atoms with Crippen molar-refractivity contribution >= 4 is 69.1 Å². The van der Waals surface area contributed by atoms with E-state index >= 15 is 0 Å². The van der Waals surface area contributed by atoms with Crippen molar-refractivity contribution in [1.82, 2.24) is 14.6 Å². The average molecular weight is 406 g/mol. The van der Waals surface area contributed by atoms with Gasteiger partial charge in [0, 0.05) is 20.5 Å². The SMILES string of the molecule is O=c1c(=Cc2c(Cl)cccc2Cl)sc2nc(C=Cc3cccs3)nn12. The van der Waals surface area contributed by atoms with Gasteiger partial charge in [0.15, 0.2) is 5.82 Å². The van der Waals surface area contributed by atoms with E-state index in [-0.39, 0.29) is 5.56 Å². The van der Waals surface area contributed by atoms with Crippen molar-refractivity contribution in [2.75, 3.05) is 0 Å². The number of fused-ring (bicyclic) bond motifs is 1. The second-order valence-electron chi connectivity index (χ2n) is 5.06. The molecule has 0 saturated carbocycles. The topological polar surface area (TPSA) is 47.3 Å². The molecule has 0 atom stereocenters. The van der Waals surface area contributed by atoms with Gasteiger partial charge in [-0.3, -0.25) is 4.79 Å². The Morgan fingerprint density at radius 2 is 1.88 bits per heavy atom. The fraction of sp³-hybridized carbons (Fsp3) is 0. The number of hydrogen-bond acceptors (Lipinski definition) is 5. The Morgan fingerprint density at radius 3 is 2.56 bits per heavy atom. The molecule has 0 aliphatic rings. The van der Waals surface area contributed by atoms with Crippen molar-refractivity contribution in [3.05, 3.63) is 76.9 Å². The lowest BCUT2D eigenvalue weighted by Crippen LogP contribution is -2.23. The minimum absolute atomic E-state index is 0.237. The lowest BCUT2D eigenvalue weighted by Gasteiger charge is -1.99. The minimum atomic E-state index is -0.237. The maximum Gasteiger partial charge on any atom is 0.291 e. The molecule has 1 aromatic carbocycles. The Hall–Kier alpha value is -1.99. The fourth-order valence-corrected chi connectivity index (χ4v) is 4.26. The van der Waals surface area contributed by atoms with Crippen molar-refractivity contribution in [1.29, 1.82) is 0 Å². The van der Waals surface area contributed by atoms with Crippen molar-refractivity contribution in [2.45, 2.75) is 0 Å². The van der Waals surface area contributed by atoms with E-state index in [9.17, 15) is 4.79 Å². The highest BCUT2D eigenvalue weighted by Crippen LogP contribution is 2.24. The third-order valence-corrected chi connectivity index (χ3v) is 5.87. The zero-order valence-electron chi connectivity index (χ0n) is 12.5. The van der Waals surface area contributed by atoms with Gasteiger partial charge in [-0.05, 0) is 41.8 Å². The zero-order chi connectivity index (χ0) is 17.4. The van der Waals surface area contributed by atoms with Crippen LogP contribution in [0.5, 0.6) is 0 Å². The molecule has 0 N–H and O–H groups in total. The van der Waals surface area contributed by atoms with Crippen molar-refractivity contribution in [3.63, 3.8) is 0 Å². The van der Waals surface area contributed by atoms with Gasteiger partial charge < -0.3 is 0 Å². The fourth-order valence-electron chi connectivity index (χ4n) is 2.24. The molecule has 0 fully saturated rings.